The van der Waals surface area contributed by atoms with Crippen LogP contribution >= 0.6 is 0 Å². The number of benzene rings is 2. The number of nitrogens with zero attached hydrogens (tertiary/aromatic N) is 2. The number of ether oxygens (including phenoxy) is 2. The Morgan fingerprint density at radius 1 is 1.09 bits per heavy atom. The van der Waals surface area contributed by atoms with Crippen LogP contribution in [0.5, 0.6) is 5.88 Å². The fraction of sp³-hybridized carbons (Fsp3) is 0.304. The monoisotopic (exact) mass is 494 g/mol. The highest BCUT2D eigenvalue weighted by atomic mass is 32.2. The summed E-state index contributed by atoms with van der Waals surface area (Å²) in [5.74, 6) is -3.63. The Morgan fingerprint density at radius 2 is 1.76 bits per heavy atom. The first-order chi connectivity index (χ1) is 16.1. The minimum Gasteiger partial charge on any atom is -0.493 e. The van der Waals surface area contributed by atoms with Crippen LogP contribution in [-0.4, -0.2) is 42.9 Å². The largest absolute Gasteiger partial charge is 0.493 e. The molecule has 8 nitrogen and oxygen atoms in total. The standard InChI is InChI=1S/C23H24F2N2O6S/c1-14(2)33-13-20-26-22(28)21(34(30,31)16-9-10-17(24)18(25)11-16)23(29)27(20)19(12-32-3)15-7-5-4-6-8-15/h4-11,14,19,29H,12-13H2,1-3H3. The fourth-order valence-electron chi connectivity index (χ4n) is 3.37. The Morgan fingerprint density at radius 3 is 2.35 bits per heavy atom. The van der Waals surface area contributed by atoms with Gasteiger partial charge in [-0.05, 0) is 37.6 Å². The smallest absolute Gasteiger partial charge is 0.296 e. The van der Waals surface area contributed by atoms with Crippen molar-refractivity contribution >= 4 is 9.84 Å². The van der Waals surface area contributed by atoms with E-state index in [2.05, 4.69) is 4.98 Å². The third-order valence-corrected chi connectivity index (χ3v) is 6.74. The first-order valence-electron chi connectivity index (χ1n) is 10.3. The summed E-state index contributed by atoms with van der Waals surface area (Å²) in [6.45, 7) is 3.29. The summed E-state index contributed by atoms with van der Waals surface area (Å²) < 4.78 is 65.6. The number of hydrogen-bond donors (Lipinski definition) is 1. The zero-order chi connectivity index (χ0) is 25.0. The molecule has 0 radical (unpaired) electrons. The molecule has 34 heavy (non-hydrogen) atoms. The molecule has 3 rings (SSSR count). The van der Waals surface area contributed by atoms with Gasteiger partial charge >= 0.3 is 0 Å². The molecule has 1 heterocycles. The van der Waals surface area contributed by atoms with Crippen LogP contribution in [0.25, 0.3) is 0 Å². The van der Waals surface area contributed by atoms with Gasteiger partial charge in [-0.1, -0.05) is 30.3 Å². The number of halogens is 2. The molecule has 0 amide bonds. The lowest BCUT2D eigenvalue weighted by Gasteiger charge is -2.25. The molecule has 1 aromatic heterocycles. The summed E-state index contributed by atoms with van der Waals surface area (Å²) in [7, 11) is -3.35. The minimum atomic E-state index is -4.77. The number of aromatic hydroxyl groups is 1. The Kier molecular flexibility index (Phi) is 7.80. The number of hydrogen-bond acceptors (Lipinski definition) is 7. The number of aromatic nitrogens is 2. The maximum absolute atomic E-state index is 13.8. The average Bonchev–Trinajstić information content (AvgIpc) is 2.78. The van der Waals surface area contributed by atoms with Gasteiger partial charge in [0.05, 0.1) is 23.6 Å². The van der Waals surface area contributed by atoms with Crippen molar-refractivity contribution in [3.8, 4) is 5.88 Å². The molecule has 0 aliphatic rings. The van der Waals surface area contributed by atoms with Crippen LogP contribution in [0.4, 0.5) is 8.78 Å². The topological polar surface area (TPSA) is 108 Å². The summed E-state index contributed by atoms with van der Waals surface area (Å²) in [5, 5.41) is 11.2. The lowest BCUT2D eigenvalue weighted by atomic mass is 10.1. The number of rotatable bonds is 9. The first-order valence-corrected chi connectivity index (χ1v) is 11.8. The molecule has 0 aliphatic heterocycles. The van der Waals surface area contributed by atoms with Gasteiger partial charge in [0.15, 0.2) is 16.5 Å². The summed E-state index contributed by atoms with van der Waals surface area (Å²) in [6.07, 6.45) is -0.254. The van der Waals surface area contributed by atoms with E-state index in [1.165, 1.54) is 7.11 Å². The molecule has 0 saturated carbocycles. The predicted molar refractivity (Wildman–Crippen MR) is 118 cm³/mol. The fourth-order valence-corrected chi connectivity index (χ4v) is 4.73. The third-order valence-electron chi connectivity index (χ3n) is 4.97. The maximum atomic E-state index is 13.8. The van der Waals surface area contributed by atoms with Crippen LogP contribution in [0.3, 0.4) is 0 Å². The molecule has 0 spiro atoms. The number of methoxy groups -OCH3 is 1. The highest BCUT2D eigenvalue weighted by Gasteiger charge is 2.33. The van der Waals surface area contributed by atoms with Crippen molar-refractivity contribution < 1.29 is 31.8 Å². The minimum absolute atomic E-state index is 0.0124. The lowest BCUT2D eigenvalue weighted by Crippen LogP contribution is -2.29. The van der Waals surface area contributed by atoms with Gasteiger partial charge in [0, 0.05) is 7.11 Å². The molecule has 0 bridgehead atoms. The maximum Gasteiger partial charge on any atom is 0.296 e. The van der Waals surface area contributed by atoms with Crippen LogP contribution in [-0.2, 0) is 25.9 Å². The van der Waals surface area contributed by atoms with E-state index < -0.39 is 48.7 Å². The number of sulfone groups is 1. The van der Waals surface area contributed by atoms with E-state index in [9.17, 15) is 27.1 Å². The summed E-state index contributed by atoms with van der Waals surface area (Å²) in [6, 6.07) is 9.80. The van der Waals surface area contributed by atoms with Crippen LogP contribution in [0.2, 0.25) is 0 Å². The summed E-state index contributed by atoms with van der Waals surface area (Å²) in [5.41, 5.74) is -0.628. The van der Waals surface area contributed by atoms with Crippen molar-refractivity contribution in [1.82, 2.24) is 9.55 Å². The Balaban J connectivity index is 2.31. The van der Waals surface area contributed by atoms with E-state index in [4.69, 9.17) is 9.47 Å². The van der Waals surface area contributed by atoms with E-state index in [0.29, 0.717) is 17.7 Å². The highest BCUT2D eigenvalue weighted by molar-refractivity contribution is 7.91. The normalized spacial score (nSPS) is 12.8. The Bertz CT molecular complexity index is 1330. The predicted octanol–water partition coefficient (Wildman–Crippen LogP) is 3.22. The van der Waals surface area contributed by atoms with E-state index in [-0.39, 0.29) is 25.1 Å². The zero-order valence-electron chi connectivity index (χ0n) is 18.7. The van der Waals surface area contributed by atoms with E-state index in [1.54, 1.807) is 44.2 Å². The molecule has 1 N–H and O–H groups in total. The van der Waals surface area contributed by atoms with Gasteiger partial charge in [-0.15, -0.1) is 0 Å². The first kappa shape index (κ1) is 25.5. The Labute approximate surface area is 195 Å². The molecule has 1 atom stereocenters. The molecule has 182 valence electrons. The van der Waals surface area contributed by atoms with Gasteiger partial charge < -0.3 is 14.6 Å². The van der Waals surface area contributed by atoms with Crippen molar-refractivity contribution in [3.63, 3.8) is 0 Å². The van der Waals surface area contributed by atoms with Gasteiger partial charge in [-0.3, -0.25) is 9.36 Å². The molecule has 0 aliphatic carbocycles. The average molecular weight is 495 g/mol. The van der Waals surface area contributed by atoms with Crippen LogP contribution in [0.1, 0.15) is 31.3 Å². The van der Waals surface area contributed by atoms with E-state index >= 15 is 0 Å². The van der Waals surface area contributed by atoms with Crippen LogP contribution in [0, 0.1) is 11.6 Å². The Hall–Kier alpha value is -3.15. The van der Waals surface area contributed by atoms with Crippen LogP contribution < -0.4 is 5.56 Å². The lowest BCUT2D eigenvalue weighted by molar-refractivity contribution is 0.0554. The van der Waals surface area contributed by atoms with Crippen molar-refractivity contribution in [2.75, 3.05) is 13.7 Å². The highest BCUT2D eigenvalue weighted by Crippen LogP contribution is 2.32. The summed E-state index contributed by atoms with van der Waals surface area (Å²) >= 11 is 0. The summed E-state index contributed by atoms with van der Waals surface area (Å²) in [4.78, 5) is 14.9. The van der Waals surface area contributed by atoms with Gasteiger partial charge in [-0.25, -0.2) is 17.2 Å². The molecule has 3 aromatic rings. The molecule has 1 unspecified atom stereocenters. The van der Waals surface area contributed by atoms with Crippen LogP contribution in [0.15, 0.2) is 63.1 Å². The second-order valence-corrected chi connectivity index (χ2v) is 9.56. The van der Waals surface area contributed by atoms with Crippen molar-refractivity contribution in [1.29, 1.82) is 0 Å². The molecule has 0 saturated heterocycles. The van der Waals surface area contributed by atoms with Gasteiger partial charge in [-0.2, -0.15) is 4.98 Å². The van der Waals surface area contributed by atoms with E-state index in [0.717, 1.165) is 10.6 Å². The van der Waals surface area contributed by atoms with Crippen molar-refractivity contribution in [3.05, 3.63) is 81.9 Å². The van der Waals surface area contributed by atoms with Gasteiger partial charge in [0.25, 0.3) is 5.56 Å². The van der Waals surface area contributed by atoms with Crippen molar-refractivity contribution in [2.24, 2.45) is 0 Å². The zero-order valence-corrected chi connectivity index (χ0v) is 19.6. The van der Waals surface area contributed by atoms with E-state index in [1.807, 2.05) is 0 Å². The third kappa shape index (κ3) is 5.16. The molecule has 11 heteroatoms. The second kappa shape index (κ2) is 10.4. The SMILES string of the molecule is COCC(c1ccccc1)n1c(COC(C)C)nc(=O)c(S(=O)(=O)c2ccc(F)c(F)c2)c1O. The van der Waals surface area contributed by atoms with Crippen molar-refractivity contribution in [2.45, 2.75) is 42.4 Å². The second-order valence-electron chi connectivity index (χ2n) is 7.68. The van der Waals surface area contributed by atoms with Gasteiger partial charge in [0.2, 0.25) is 15.7 Å². The molecular formula is C23H24F2N2O6S. The quantitative estimate of drug-likeness (QED) is 0.455. The molecule has 2 aromatic carbocycles. The molecule has 0 fully saturated rings. The van der Waals surface area contributed by atoms with Gasteiger partial charge in [0.1, 0.15) is 12.4 Å². The molecular weight excluding hydrogens is 470 g/mol.